The van der Waals surface area contributed by atoms with Crippen LogP contribution in [0.25, 0.3) is 11.0 Å². The van der Waals surface area contributed by atoms with E-state index in [2.05, 4.69) is 36.9 Å². The summed E-state index contributed by atoms with van der Waals surface area (Å²) in [5, 5.41) is 2.07. The highest BCUT2D eigenvalue weighted by atomic mass is 79.9. The Kier molecular flexibility index (Phi) is 3.47. The van der Waals surface area contributed by atoms with Gasteiger partial charge in [-0.05, 0) is 51.7 Å². The van der Waals surface area contributed by atoms with Crippen molar-refractivity contribution in [3.63, 3.8) is 0 Å². The number of methoxy groups -OCH3 is 1. The van der Waals surface area contributed by atoms with Crippen molar-refractivity contribution in [2.45, 2.75) is 6.54 Å². The fourth-order valence-corrected chi connectivity index (χ4v) is 3.75. The third kappa shape index (κ3) is 2.35. The van der Waals surface area contributed by atoms with E-state index < -0.39 is 0 Å². The minimum atomic E-state index is 0.726. The van der Waals surface area contributed by atoms with Crippen molar-refractivity contribution in [2.24, 2.45) is 0 Å². The van der Waals surface area contributed by atoms with E-state index in [0.717, 1.165) is 32.6 Å². The van der Waals surface area contributed by atoms with Crippen molar-refractivity contribution in [1.29, 1.82) is 0 Å². The molecular formula is C13H11BrN2OS2. The molecule has 0 atom stereocenters. The van der Waals surface area contributed by atoms with Gasteiger partial charge in [0.1, 0.15) is 5.75 Å². The summed E-state index contributed by atoms with van der Waals surface area (Å²) in [4.78, 5) is 4.48. The molecule has 0 fully saturated rings. The van der Waals surface area contributed by atoms with Crippen LogP contribution in [0, 0.1) is 4.77 Å². The van der Waals surface area contributed by atoms with Crippen LogP contribution >= 0.6 is 39.5 Å². The number of thiophene rings is 1. The summed E-state index contributed by atoms with van der Waals surface area (Å²) < 4.78 is 9.18. The molecule has 0 amide bonds. The number of benzene rings is 1. The topological polar surface area (TPSA) is 29.9 Å². The third-order valence-corrected chi connectivity index (χ3v) is 5.21. The lowest BCUT2D eigenvalue weighted by molar-refractivity contribution is 0.415. The van der Waals surface area contributed by atoms with Crippen LogP contribution in [0.1, 0.15) is 4.88 Å². The number of hydrogen-bond acceptors (Lipinski definition) is 3. The minimum Gasteiger partial charge on any atom is -0.497 e. The molecule has 19 heavy (non-hydrogen) atoms. The SMILES string of the molecule is COc1ccc2c(c1)[nH]c(=S)n2Cc1sccc1Br. The summed E-state index contributed by atoms with van der Waals surface area (Å²) in [6.45, 7) is 0.767. The molecule has 0 unspecified atom stereocenters. The second-order valence-electron chi connectivity index (χ2n) is 4.09. The summed E-state index contributed by atoms with van der Waals surface area (Å²) >= 11 is 10.7. The van der Waals surface area contributed by atoms with E-state index in [4.69, 9.17) is 17.0 Å². The molecule has 3 rings (SSSR count). The number of aromatic amines is 1. The van der Waals surface area contributed by atoms with Crippen LogP contribution in [0.5, 0.6) is 5.75 Å². The Balaban J connectivity index is 2.11. The fourth-order valence-electron chi connectivity index (χ4n) is 2.01. The van der Waals surface area contributed by atoms with Gasteiger partial charge in [-0.15, -0.1) is 11.3 Å². The summed E-state index contributed by atoms with van der Waals surface area (Å²) in [5.41, 5.74) is 2.09. The molecule has 1 N–H and O–H groups in total. The molecule has 0 aliphatic rings. The Bertz CT molecular complexity index is 787. The Morgan fingerprint density at radius 2 is 2.26 bits per heavy atom. The average Bonchev–Trinajstić information content (AvgIpc) is 2.94. The highest BCUT2D eigenvalue weighted by Gasteiger charge is 2.08. The molecular weight excluding hydrogens is 344 g/mol. The molecule has 0 spiro atoms. The molecule has 0 aliphatic carbocycles. The van der Waals surface area contributed by atoms with Crippen LogP contribution in [-0.4, -0.2) is 16.7 Å². The number of H-pyrrole nitrogens is 1. The maximum atomic E-state index is 5.40. The van der Waals surface area contributed by atoms with Crippen LogP contribution in [0.2, 0.25) is 0 Å². The van der Waals surface area contributed by atoms with Crippen LogP contribution in [0.15, 0.2) is 34.1 Å². The first kappa shape index (κ1) is 12.9. The van der Waals surface area contributed by atoms with Crippen molar-refractivity contribution in [3.05, 3.63) is 43.8 Å². The summed E-state index contributed by atoms with van der Waals surface area (Å²) in [7, 11) is 1.66. The first-order valence-corrected chi connectivity index (χ1v) is 7.75. The Morgan fingerprint density at radius 1 is 1.42 bits per heavy atom. The Morgan fingerprint density at radius 3 is 2.95 bits per heavy atom. The van der Waals surface area contributed by atoms with Crippen molar-refractivity contribution in [2.75, 3.05) is 7.11 Å². The first-order chi connectivity index (χ1) is 9.19. The Labute approximate surface area is 128 Å². The van der Waals surface area contributed by atoms with Crippen LogP contribution < -0.4 is 4.74 Å². The Hall–Kier alpha value is -1.11. The summed E-state index contributed by atoms with van der Waals surface area (Å²) in [6, 6.07) is 8.00. The standard InChI is InChI=1S/C13H11BrN2OS2/c1-17-8-2-3-11-10(6-8)15-13(18)16(11)7-12-9(14)4-5-19-12/h2-6H,7H2,1H3,(H,15,18). The molecule has 0 saturated carbocycles. The van der Waals surface area contributed by atoms with Gasteiger partial charge >= 0.3 is 0 Å². The van der Waals surface area contributed by atoms with E-state index in [0.29, 0.717) is 0 Å². The van der Waals surface area contributed by atoms with Crippen molar-refractivity contribution >= 4 is 50.5 Å². The normalized spacial score (nSPS) is 11.1. The maximum absolute atomic E-state index is 5.40. The molecule has 1 aromatic carbocycles. The second-order valence-corrected chi connectivity index (χ2v) is 6.33. The molecule has 2 heterocycles. The average molecular weight is 355 g/mol. The van der Waals surface area contributed by atoms with Crippen molar-refractivity contribution in [3.8, 4) is 5.75 Å². The largest absolute Gasteiger partial charge is 0.497 e. The number of nitrogens with one attached hydrogen (secondary N) is 1. The number of fused-ring (bicyclic) bond motifs is 1. The number of rotatable bonds is 3. The third-order valence-electron chi connectivity index (χ3n) is 2.97. The lowest BCUT2D eigenvalue weighted by atomic mass is 10.3. The number of aromatic nitrogens is 2. The predicted molar refractivity (Wildman–Crippen MR) is 84.8 cm³/mol. The van der Waals surface area contributed by atoms with Gasteiger partial charge < -0.3 is 14.3 Å². The van der Waals surface area contributed by atoms with Crippen LogP contribution in [0.3, 0.4) is 0 Å². The monoisotopic (exact) mass is 354 g/mol. The van der Waals surface area contributed by atoms with Gasteiger partial charge in [-0.25, -0.2) is 0 Å². The molecule has 0 radical (unpaired) electrons. The predicted octanol–water partition coefficient (Wildman–Crippen LogP) is 4.58. The fraction of sp³-hybridized carbons (Fsp3) is 0.154. The quantitative estimate of drug-likeness (QED) is 0.697. The zero-order valence-electron chi connectivity index (χ0n) is 10.1. The van der Waals surface area contributed by atoms with E-state index in [-0.39, 0.29) is 0 Å². The van der Waals surface area contributed by atoms with E-state index in [1.807, 2.05) is 18.2 Å². The van der Waals surface area contributed by atoms with Crippen molar-refractivity contribution in [1.82, 2.24) is 9.55 Å². The molecule has 0 bridgehead atoms. The molecule has 6 heteroatoms. The van der Waals surface area contributed by atoms with E-state index in [1.165, 1.54) is 4.88 Å². The minimum absolute atomic E-state index is 0.726. The molecule has 2 aromatic heterocycles. The maximum Gasteiger partial charge on any atom is 0.178 e. The first-order valence-electron chi connectivity index (χ1n) is 5.67. The highest BCUT2D eigenvalue weighted by molar-refractivity contribution is 9.10. The molecule has 0 aliphatic heterocycles. The van der Waals surface area contributed by atoms with Gasteiger partial charge in [0.25, 0.3) is 0 Å². The lowest BCUT2D eigenvalue weighted by Crippen LogP contribution is -1.98. The van der Waals surface area contributed by atoms with E-state index in [9.17, 15) is 0 Å². The van der Waals surface area contributed by atoms with Gasteiger partial charge in [-0.1, -0.05) is 0 Å². The molecule has 98 valence electrons. The van der Waals surface area contributed by atoms with Gasteiger partial charge in [-0.3, -0.25) is 0 Å². The smallest absolute Gasteiger partial charge is 0.178 e. The van der Waals surface area contributed by atoms with Gasteiger partial charge in [-0.2, -0.15) is 0 Å². The number of hydrogen-bond donors (Lipinski definition) is 1. The zero-order chi connectivity index (χ0) is 13.4. The van der Waals surface area contributed by atoms with Gasteiger partial charge in [0.2, 0.25) is 0 Å². The number of ether oxygens (including phenoxy) is 1. The van der Waals surface area contributed by atoms with Gasteiger partial charge in [0.05, 0.1) is 24.7 Å². The molecule has 3 nitrogen and oxygen atoms in total. The van der Waals surface area contributed by atoms with Crippen LogP contribution in [0.4, 0.5) is 0 Å². The van der Waals surface area contributed by atoms with Gasteiger partial charge in [0.15, 0.2) is 4.77 Å². The number of nitrogens with zero attached hydrogens (tertiary/aromatic N) is 1. The second kappa shape index (κ2) is 5.11. The molecule has 3 aromatic rings. The lowest BCUT2D eigenvalue weighted by Gasteiger charge is -2.04. The van der Waals surface area contributed by atoms with Crippen LogP contribution in [-0.2, 0) is 6.54 Å². The van der Waals surface area contributed by atoms with E-state index >= 15 is 0 Å². The van der Waals surface area contributed by atoms with Gasteiger partial charge in [0, 0.05) is 15.4 Å². The summed E-state index contributed by atoms with van der Waals surface area (Å²) in [5.74, 6) is 0.827. The van der Waals surface area contributed by atoms with E-state index in [1.54, 1.807) is 18.4 Å². The zero-order valence-corrected chi connectivity index (χ0v) is 13.4. The number of imidazole rings is 1. The van der Waals surface area contributed by atoms with Crippen molar-refractivity contribution < 1.29 is 4.74 Å². The number of halogens is 1. The molecule has 0 saturated heterocycles. The summed E-state index contributed by atoms with van der Waals surface area (Å²) in [6.07, 6.45) is 0. The highest BCUT2D eigenvalue weighted by Crippen LogP contribution is 2.26.